The predicted molar refractivity (Wildman–Crippen MR) is 151 cm³/mol. The lowest BCUT2D eigenvalue weighted by Crippen LogP contribution is -2.52. The molecule has 1 N–H and O–H groups in total. The second kappa shape index (κ2) is 12.7. The molecular weight excluding hydrogens is 498 g/mol. The van der Waals surface area contributed by atoms with Crippen molar-refractivity contribution in [2.45, 2.75) is 58.5 Å². The molecule has 0 aliphatic rings. The number of amides is 2. The van der Waals surface area contributed by atoms with E-state index in [1.807, 2.05) is 71.0 Å². The van der Waals surface area contributed by atoms with E-state index in [9.17, 15) is 18.0 Å². The highest BCUT2D eigenvalue weighted by Crippen LogP contribution is 2.28. The van der Waals surface area contributed by atoms with E-state index < -0.39 is 28.5 Å². The molecule has 0 saturated carbocycles. The summed E-state index contributed by atoms with van der Waals surface area (Å²) in [6.45, 7) is 9.56. The Morgan fingerprint density at radius 2 is 1.55 bits per heavy atom. The van der Waals surface area contributed by atoms with Crippen molar-refractivity contribution in [1.82, 2.24) is 10.2 Å². The van der Waals surface area contributed by atoms with Crippen molar-refractivity contribution in [2.24, 2.45) is 0 Å². The number of anilines is 1. The summed E-state index contributed by atoms with van der Waals surface area (Å²) in [6.07, 6.45) is 0.387. The fourth-order valence-electron chi connectivity index (χ4n) is 4.54. The largest absolute Gasteiger partial charge is 0.355 e. The first kappa shape index (κ1) is 28.9. The maximum absolute atomic E-state index is 14.0. The Kier molecular flexibility index (Phi) is 9.69. The van der Waals surface area contributed by atoms with Crippen molar-refractivity contribution in [3.8, 4) is 0 Å². The van der Waals surface area contributed by atoms with Crippen molar-refractivity contribution in [1.29, 1.82) is 0 Å². The first-order valence-electron chi connectivity index (χ1n) is 12.9. The number of hydrogen-bond acceptors (Lipinski definition) is 4. The highest BCUT2D eigenvalue weighted by molar-refractivity contribution is 7.92. The molecular formula is C30H37N3O4S. The summed E-state index contributed by atoms with van der Waals surface area (Å²) >= 11 is 0. The van der Waals surface area contributed by atoms with Gasteiger partial charge in [-0.3, -0.25) is 13.9 Å². The van der Waals surface area contributed by atoms with Crippen LogP contribution in [0.3, 0.4) is 0 Å². The number of carbonyl (C=O) groups is 2. The van der Waals surface area contributed by atoms with E-state index in [2.05, 4.69) is 5.32 Å². The van der Waals surface area contributed by atoms with Crippen LogP contribution in [-0.4, -0.2) is 44.3 Å². The smallest absolute Gasteiger partial charge is 0.264 e. The zero-order chi connectivity index (χ0) is 27.9. The minimum absolute atomic E-state index is 0.0915. The zero-order valence-corrected chi connectivity index (χ0v) is 23.6. The molecule has 1 unspecified atom stereocenters. The number of sulfonamides is 1. The SMILES string of the molecule is CCNC(=O)C(CC)N(Cc1cccc(C)c1)C(=O)CN(c1ccc(C)cc1C)S(=O)(=O)c1ccccc1. The summed E-state index contributed by atoms with van der Waals surface area (Å²) in [4.78, 5) is 28.6. The van der Waals surface area contributed by atoms with Gasteiger partial charge in [-0.25, -0.2) is 8.42 Å². The average molecular weight is 536 g/mol. The van der Waals surface area contributed by atoms with Crippen molar-refractivity contribution < 1.29 is 18.0 Å². The molecule has 0 bridgehead atoms. The molecule has 0 fully saturated rings. The monoisotopic (exact) mass is 535 g/mol. The number of benzene rings is 3. The van der Waals surface area contributed by atoms with Gasteiger partial charge in [-0.1, -0.05) is 72.6 Å². The minimum Gasteiger partial charge on any atom is -0.355 e. The van der Waals surface area contributed by atoms with Gasteiger partial charge in [0.05, 0.1) is 10.6 Å². The van der Waals surface area contributed by atoms with Gasteiger partial charge < -0.3 is 10.2 Å². The molecule has 3 aromatic rings. The molecule has 0 saturated heterocycles. The molecule has 0 aromatic heterocycles. The predicted octanol–water partition coefficient (Wildman–Crippen LogP) is 4.75. The fraction of sp³-hybridized carbons (Fsp3) is 0.333. The van der Waals surface area contributed by atoms with Crippen LogP contribution in [0.25, 0.3) is 0 Å². The van der Waals surface area contributed by atoms with Gasteiger partial charge in [0.1, 0.15) is 12.6 Å². The summed E-state index contributed by atoms with van der Waals surface area (Å²) in [7, 11) is -4.08. The molecule has 7 nitrogen and oxygen atoms in total. The highest BCUT2D eigenvalue weighted by atomic mass is 32.2. The Hall–Kier alpha value is -3.65. The van der Waals surface area contributed by atoms with Crippen molar-refractivity contribution in [3.05, 3.63) is 95.1 Å². The van der Waals surface area contributed by atoms with E-state index in [0.717, 1.165) is 26.6 Å². The molecule has 0 heterocycles. The van der Waals surface area contributed by atoms with E-state index in [1.165, 1.54) is 17.0 Å². The van der Waals surface area contributed by atoms with Crippen LogP contribution < -0.4 is 9.62 Å². The summed E-state index contributed by atoms with van der Waals surface area (Å²) in [5, 5.41) is 2.82. The van der Waals surface area contributed by atoms with Gasteiger partial charge in [-0.15, -0.1) is 0 Å². The average Bonchev–Trinajstić information content (AvgIpc) is 2.88. The third-order valence-electron chi connectivity index (χ3n) is 6.40. The molecule has 3 rings (SSSR count). The standard InChI is InChI=1S/C30H37N3O4S/c1-6-27(30(35)31-7-2)32(20-25-13-11-12-22(3)19-25)29(34)21-33(28-17-16-23(4)18-24(28)5)38(36,37)26-14-9-8-10-15-26/h8-19,27H,6-7,20-21H2,1-5H3,(H,31,35). The molecule has 202 valence electrons. The van der Waals surface area contributed by atoms with Crippen LogP contribution in [-0.2, 0) is 26.2 Å². The molecule has 1 atom stereocenters. The van der Waals surface area contributed by atoms with Gasteiger partial charge in [-0.05, 0) is 63.4 Å². The molecule has 2 amide bonds. The molecule has 3 aromatic carbocycles. The minimum atomic E-state index is -4.08. The van der Waals surface area contributed by atoms with E-state index in [1.54, 1.807) is 24.3 Å². The number of likely N-dealkylation sites (N-methyl/N-ethyl adjacent to an activating group) is 1. The summed E-state index contributed by atoms with van der Waals surface area (Å²) in [6, 6.07) is 20.5. The Morgan fingerprint density at radius 3 is 2.16 bits per heavy atom. The molecule has 0 radical (unpaired) electrons. The molecule has 0 aliphatic heterocycles. The van der Waals surface area contributed by atoms with Gasteiger partial charge in [-0.2, -0.15) is 0 Å². The maximum atomic E-state index is 14.0. The van der Waals surface area contributed by atoms with Gasteiger partial charge in [0.2, 0.25) is 11.8 Å². The highest BCUT2D eigenvalue weighted by Gasteiger charge is 2.34. The van der Waals surface area contributed by atoms with Crippen molar-refractivity contribution >= 4 is 27.5 Å². The van der Waals surface area contributed by atoms with Crippen LogP contribution in [0.2, 0.25) is 0 Å². The lowest BCUT2D eigenvalue weighted by molar-refractivity contribution is -0.140. The first-order chi connectivity index (χ1) is 18.1. The summed E-state index contributed by atoms with van der Waals surface area (Å²) < 4.78 is 28.9. The van der Waals surface area contributed by atoms with E-state index in [0.29, 0.717) is 18.7 Å². The topological polar surface area (TPSA) is 86.8 Å². The van der Waals surface area contributed by atoms with Crippen LogP contribution in [0, 0.1) is 20.8 Å². The van der Waals surface area contributed by atoms with Gasteiger partial charge in [0, 0.05) is 13.1 Å². The number of hydrogen-bond donors (Lipinski definition) is 1. The van der Waals surface area contributed by atoms with Gasteiger partial charge in [0.15, 0.2) is 0 Å². The summed E-state index contributed by atoms with van der Waals surface area (Å²) in [5.74, 6) is -0.718. The maximum Gasteiger partial charge on any atom is 0.264 e. The number of aryl methyl sites for hydroxylation is 3. The quantitative estimate of drug-likeness (QED) is 0.384. The van der Waals surface area contributed by atoms with Crippen molar-refractivity contribution in [2.75, 3.05) is 17.4 Å². The number of nitrogens with zero attached hydrogens (tertiary/aromatic N) is 2. The zero-order valence-electron chi connectivity index (χ0n) is 22.8. The first-order valence-corrected chi connectivity index (χ1v) is 14.3. The van der Waals surface area contributed by atoms with E-state index >= 15 is 0 Å². The van der Waals surface area contributed by atoms with E-state index in [-0.39, 0.29) is 17.3 Å². The lowest BCUT2D eigenvalue weighted by atomic mass is 10.1. The van der Waals surface area contributed by atoms with Gasteiger partial charge in [0.25, 0.3) is 10.0 Å². The van der Waals surface area contributed by atoms with Crippen LogP contribution >= 0.6 is 0 Å². The Morgan fingerprint density at radius 1 is 0.868 bits per heavy atom. The Bertz CT molecular complexity index is 1370. The third kappa shape index (κ3) is 6.81. The second-order valence-electron chi connectivity index (χ2n) is 9.44. The number of nitrogens with one attached hydrogen (secondary N) is 1. The van der Waals surface area contributed by atoms with Crippen LogP contribution in [0.15, 0.2) is 77.7 Å². The molecule has 8 heteroatoms. The Balaban J connectivity index is 2.08. The van der Waals surface area contributed by atoms with Crippen LogP contribution in [0.5, 0.6) is 0 Å². The fourth-order valence-corrected chi connectivity index (χ4v) is 6.04. The second-order valence-corrected chi connectivity index (χ2v) is 11.3. The number of rotatable bonds is 11. The third-order valence-corrected chi connectivity index (χ3v) is 8.18. The van der Waals surface area contributed by atoms with Crippen molar-refractivity contribution in [3.63, 3.8) is 0 Å². The molecule has 0 aliphatic carbocycles. The normalized spacial score (nSPS) is 12.0. The van der Waals surface area contributed by atoms with Gasteiger partial charge >= 0.3 is 0 Å². The molecule has 0 spiro atoms. The van der Waals surface area contributed by atoms with Crippen LogP contribution in [0.1, 0.15) is 42.5 Å². The van der Waals surface area contributed by atoms with Crippen LogP contribution in [0.4, 0.5) is 5.69 Å². The number of carbonyl (C=O) groups excluding carboxylic acids is 2. The van der Waals surface area contributed by atoms with E-state index in [4.69, 9.17) is 0 Å². The Labute approximate surface area is 226 Å². The molecule has 38 heavy (non-hydrogen) atoms. The summed E-state index contributed by atoms with van der Waals surface area (Å²) in [5.41, 5.74) is 4.04. The lowest BCUT2D eigenvalue weighted by Gasteiger charge is -2.33.